The van der Waals surface area contributed by atoms with Crippen molar-refractivity contribution in [1.29, 1.82) is 0 Å². The summed E-state index contributed by atoms with van der Waals surface area (Å²) in [4.78, 5) is 0. The van der Waals surface area contributed by atoms with Gasteiger partial charge in [0.2, 0.25) is 0 Å². The van der Waals surface area contributed by atoms with Gasteiger partial charge in [-0.25, -0.2) is 0 Å². The number of phenolic OH excluding ortho intramolecular Hbond substituents is 2. The minimum Gasteiger partial charge on any atom is -0.507 e. The maximum absolute atomic E-state index is 10.5. The van der Waals surface area contributed by atoms with E-state index in [1.54, 1.807) is 0 Å². The molecular formula is C32H52O2. The molecule has 192 valence electrons. The molecule has 0 bridgehead atoms. The molecule has 0 amide bonds. The first-order valence-corrected chi connectivity index (χ1v) is 13.0. The molecule has 0 heterocycles. The van der Waals surface area contributed by atoms with E-state index in [2.05, 4.69) is 121 Å². The van der Waals surface area contributed by atoms with Gasteiger partial charge in [-0.3, -0.25) is 0 Å². The Hall–Kier alpha value is -1.96. The van der Waals surface area contributed by atoms with E-state index in [9.17, 15) is 10.2 Å². The van der Waals surface area contributed by atoms with Crippen molar-refractivity contribution >= 4 is 0 Å². The number of benzene rings is 2. The van der Waals surface area contributed by atoms with E-state index in [4.69, 9.17) is 0 Å². The number of hydrogen-bond acceptors (Lipinski definition) is 2. The fraction of sp³-hybridized carbons (Fsp3) is 0.625. The highest BCUT2D eigenvalue weighted by Gasteiger charge is 2.26. The van der Waals surface area contributed by atoms with Gasteiger partial charge in [-0.15, -0.1) is 0 Å². The standard InChI is InChI=1S/2C16H26O/c1-10(2)13-8-12(16(5,6)7)9-14(11(3)4)15(13)17;1-8-11-9-12(15(2,3)4)14(17)13(10-11)16(5,6)7/h8-11,17H,1-7H3;9-10,17H,8H2,1-7H3. The van der Waals surface area contributed by atoms with Gasteiger partial charge in [-0.1, -0.05) is 121 Å². The number of hydrogen-bond donors (Lipinski definition) is 2. The number of phenols is 2. The molecule has 0 saturated heterocycles. The summed E-state index contributed by atoms with van der Waals surface area (Å²) in [6.07, 6.45) is 1.01. The molecule has 0 radical (unpaired) electrons. The smallest absolute Gasteiger partial charge is 0.123 e. The predicted molar refractivity (Wildman–Crippen MR) is 150 cm³/mol. The SMILES string of the molecule is CC(C)c1cc(C(C)(C)C)cc(C(C)C)c1O.CCc1cc(C(C)(C)C)c(O)c(C(C)(C)C)c1. The fourth-order valence-corrected chi connectivity index (χ4v) is 4.04. The first kappa shape index (κ1) is 30.1. The zero-order valence-corrected chi connectivity index (χ0v) is 24.6. The predicted octanol–water partition coefficient (Wildman–Crippen LogP) is 9.49. The van der Waals surface area contributed by atoms with Crippen LogP contribution in [0, 0.1) is 0 Å². The number of aromatic hydroxyl groups is 2. The van der Waals surface area contributed by atoms with E-state index in [1.165, 1.54) is 11.1 Å². The molecular weight excluding hydrogens is 416 g/mol. The van der Waals surface area contributed by atoms with E-state index in [0.29, 0.717) is 23.3 Å². The normalized spacial score (nSPS) is 12.7. The lowest BCUT2D eigenvalue weighted by atomic mass is 9.78. The van der Waals surface area contributed by atoms with Gasteiger partial charge in [0.25, 0.3) is 0 Å². The van der Waals surface area contributed by atoms with Crippen LogP contribution in [0.4, 0.5) is 0 Å². The number of rotatable bonds is 3. The molecule has 0 aliphatic rings. The van der Waals surface area contributed by atoms with Crippen LogP contribution >= 0.6 is 0 Å². The van der Waals surface area contributed by atoms with Crippen molar-refractivity contribution in [2.75, 3.05) is 0 Å². The fourth-order valence-electron chi connectivity index (χ4n) is 4.04. The van der Waals surface area contributed by atoms with Crippen LogP contribution in [0.25, 0.3) is 0 Å². The Labute approximate surface area is 210 Å². The molecule has 0 atom stereocenters. The van der Waals surface area contributed by atoms with Gasteiger partial charge in [0.15, 0.2) is 0 Å². The molecule has 0 unspecified atom stereocenters. The van der Waals surface area contributed by atoms with Gasteiger partial charge in [0, 0.05) is 0 Å². The minimum absolute atomic E-state index is 0.0186. The maximum Gasteiger partial charge on any atom is 0.123 e. The Morgan fingerprint density at radius 1 is 0.588 bits per heavy atom. The Morgan fingerprint density at radius 2 is 0.941 bits per heavy atom. The first-order chi connectivity index (χ1) is 15.2. The van der Waals surface area contributed by atoms with Crippen molar-refractivity contribution in [3.8, 4) is 11.5 Å². The molecule has 2 heteroatoms. The quantitative estimate of drug-likeness (QED) is 0.471. The van der Waals surface area contributed by atoms with Gasteiger partial charge < -0.3 is 10.2 Å². The highest BCUT2D eigenvalue weighted by Crippen LogP contribution is 2.40. The van der Waals surface area contributed by atoms with E-state index >= 15 is 0 Å². The van der Waals surface area contributed by atoms with Crippen molar-refractivity contribution in [2.45, 2.75) is 131 Å². The van der Waals surface area contributed by atoms with Crippen LogP contribution in [-0.4, -0.2) is 10.2 Å². The van der Waals surface area contributed by atoms with Gasteiger partial charge in [-0.2, -0.15) is 0 Å². The largest absolute Gasteiger partial charge is 0.507 e. The lowest BCUT2D eigenvalue weighted by Gasteiger charge is -2.28. The first-order valence-electron chi connectivity index (χ1n) is 13.0. The van der Waals surface area contributed by atoms with Crippen LogP contribution in [0.1, 0.15) is 142 Å². The van der Waals surface area contributed by atoms with Gasteiger partial charge >= 0.3 is 0 Å². The van der Waals surface area contributed by atoms with E-state index in [0.717, 1.165) is 28.7 Å². The van der Waals surface area contributed by atoms with Crippen LogP contribution in [0.2, 0.25) is 0 Å². The maximum atomic E-state index is 10.5. The van der Waals surface area contributed by atoms with Gasteiger partial charge in [-0.05, 0) is 67.9 Å². The van der Waals surface area contributed by atoms with Crippen LogP contribution in [-0.2, 0) is 22.7 Å². The molecule has 2 N–H and O–H groups in total. The van der Waals surface area contributed by atoms with Crippen molar-refractivity contribution in [3.63, 3.8) is 0 Å². The van der Waals surface area contributed by atoms with Crippen molar-refractivity contribution in [1.82, 2.24) is 0 Å². The monoisotopic (exact) mass is 468 g/mol. The molecule has 2 rings (SSSR count). The summed E-state index contributed by atoms with van der Waals surface area (Å²) in [7, 11) is 0. The second-order valence-electron chi connectivity index (χ2n) is 13.5. The van der Waals surface area contributed by atoms with Crippen molar-refractivity contribution < 1.29 is 10.2 Å². The Kier molecular flexibility index (Phi) is 9.51. The van der Waals surface area contributed by atoms with Crippen LogP contribution < -0.4 is 0 Å². The van der Waals surface area contributed by atoms with E-state index in [-0.39, 0.29) is 16.2 Å². The van der Waals surface area contributed by atoms with Crippen molar-refractivity contribution in [3.05, 3.63) is 57.6 Å². The molecule has 2 aromatic rings. The molecule has 34 heavy (non-hydrogen) atoms. The molecule has 0 aromatic heterocycles. The summed E-state index contributed by atoms with van der Waals surface area (Å²) in [6.45, 7) is 30.2. The molecule has 0 aliphatic carbocycles. The zero-order chi connectivity index (χ0) is 26.8. The third-order valence-electron chi connectivity index (χ3n) is 6.47. The van der Waals surface area contributed by atoms with E-state index in [1.807, 2.05) is 0 Å². The summed E-state index contributed by atoms with van der Waals surface area (Å²) in [6, 6.07) is 8.60. The molecule has 2 nitrogen and oxygen atoms in total. The summed E-state index contributed by atoms with van der Waals surface area (Å²) in [5.74, 6) is 1.68. The Morgan fingerprint density at radius 3 is 1.18 bits per heavy atom. The third-order valence-corrected chi connectivity index (χ3v) is 6.47. The molecule has 2 aromatic carbocycles. The lowest BCUT2D eigenvalue weighted by molar-refractivity contribution is 0.422. The summed E-state index contributed by atoms with van der Waals surface area (Å²) >= 11 is 0. The van der Waals surface area contributed by atoms with Gasteiger partial charge in [0.1, 0.15) is 11.5 Å². The molecule has 0 saturated carbocycles. The topological polar surface area (TPSA) is 40.5 Å². The average molecular weight is 469 g/mol. The molecule has 0 fully saturated rings. The molecule has 0 spiro atoms. The average Bonchev–Trinajstić information content (AvgIpc) is 2.65. The van der Waals surface area contributed by atoms with Crippen LogP contribution in [0.3, 0.4) is 0 Å². The Bertz CT molecular complexity index is 894. The van der Waals surface area contributed by atoms with Crippen LogP contribution in [0.15, 0.2) is 24.3 Å². The summed E-state index contributed by atoms with van der Waals surface area (Å²) in [5.41, 5.74) is 6.96. The van der Waals surface area contributed by atoms with Crippen LogP contribution in [0.5, 0.6) is 11.5 Å². The summed E-state index contributed by atoms with van der Waals surface area (Å²) < 4.78 is 0. The molecule has 0 aliphatic heterocycles. The summed E-state index contributed by atoms with van der Waals surface area (Å²) in [5, 5.41) is 20.8. The van der Waals surface area contributed by atoms with Crippen molar-refractivity contribution in [2.24, 2.45) is 0 Å². The zero-order valence-electron chi connectivity index (χ0n) is 24.6. The van der Waals surface area contributed by atoms with E-state index < -0.39 is 0 Å². The highest BCUT2D eigenvalue weighted by atomic mass is 16.3. The third kappa shape index (κ3) is 7.52. The second kappa shape index (κ2) is 10.8. The second-order valence-corrected chi connectivity index (χ2v) is 13.5. The highest BCUT2D eigenvalue weighted by molar-refractivity contribution is 5.50. The Balaban J connectivity index is 0.000000340. The lowest BCUT2D eigenvalue weighted by Crippen LogP contribution is -2.17. The number of aryl methyl sites for hydroxylation is 1. The van der Waals surface area contributed by atoms with Gasteiger partial charge in [0.05, 0.1) is 0 Å². The minimum atomic E-state index is -0.0186.